The van der Waals surface area contributed by atoms with Crippen molar-refractivity contribution in [2.45, 2.75) is 37.6 Å². The van der Waals surface area contributed by atoms with E-state index in [4.69, 9.17) is 4.74 Å². The first-order chi connectivity index (χ1) is 13.6. The lowest BCUT2D eigenvalue weighted by molar-refractivity contribution is -0.142. The third-order valence-corrected chi connectivity index (χ3v) is 4.82. The van der Waals surface area contributed by atoms with Crippen LogP contribution in [-0.4, -0.2) is 51.0 Å². The highest BCUT2D eigenvalue weighted by Gasteiger charge is 2.35. The van der Waals surface area contributed by atoms with Gasteiger partial charge in [0.15, 0.2) is 5.69 Å². The minimum Gasteiger partial charge on any atom is -0.491 e. The van der Waals surface area contributed by atoms with Crippen LogP contribution < -0.4 is 4.74 Å². The van der Waals surface area contributed by atoms with Crippen molar-refractivity contribution in [2.75, 3.05) is 19.7 Å². The molecule has 1 saturated heterocycles. The van der Waals surface area contributed by atoms with Crippen molar-refractivity contribution < 1.29 is 32.2 Å². The molecule has 0 radical (unpaired) electrons. The summed E-state index contributed by atoms with van der Waals surface area (Å²) in [7, 11) is 0. The molecule has 6 nitrogen and oxygen atoms in total. The number of ether oxygens (including phenoxy) is 1. The van der Waals surface area contributed by atoms with Crippen molar-refractivity contribution in [3.05, 3.63) is 48.0 Å². The molecule has 1 aliphatic heterocycles. The highest BCUT2D eigenvalue weighted by atomic mass is 19.4. The summed E-state index contributed by atoms with van der Waals surface area (Å²) in [6.07, 6.45) is -2.27. The molecular formula is C19H21F4N3O3. The maximum Gasteiger partial charge on any atom is 0.435 e. The van der Waals surface area contributed by atoms with E-state index < -0.39 is 17.5 Å². The zero-order valence-corrected chi connectivity index (χ0v) is 15.5. The van der Waals surface area contributed by atoms with Gasteiger partial charge in [-0.1, -0.05) is 0 Å². The van der Waals surface area contributed by atoms with Crippen LogP contribution in [0.1, 0.15) is 25.0 Å². The molecule has 2 heterocycles. The molecular weight excluding hydrogens is 394 g/mol. The topological polar surface area (TPSA) is 67.6 Å². The van der Waals surface area contributed by atoms with Crippen LogP contribution in [0.25, 0.3) is 0 Å². The zero-order valence-electron chi connectivity index (χ0n) is 15.5. The van der Waals surface area contributed by atoms with E-state index in [2.05, 4.69) is 5.10 Å². The fraction of sp³-hybridized carbons (Fsp3) is 0.474. The number of carbonyl (C=O) groups excluding carboxylic acids is 1. The lowest BCUT2D eigenvalue weighted by Gasteiger charge is -2.27. The SMILES string of the molecule is O=C(Cn1ccc(C(F)(F)F)n1)N1CCCC(O)(COc2ccc(F)cc2)CC1. The zero-order chi connectivity index (χ0) is 21.1. The second-order valence-corrected chi connectivity index (χ2v) is 7.10. The van der Waals surface area contributed by atoms with Crippen molar-refractivity contribution >= 4 is 5.91 Å². The lowest BCUT2D eigenvalue weighted by atomic mass is 9.96. The number of rotatable bonds is 5. The van der Waals surface area contributed by atoms with Gasteiger partial charge in [-0.15, -0.1) is 0 Å². The highest BCUT2D eigenvalue weighted by molar-refractivity contribution is 5.75. The molecule has 0 spiro atoms. The number of nitrogens with zero attached hydrogens (tertiary/aromatic N) is 3. The number of alkyl halides is 3. The molecule has 0 aliphatic carbocycles. The van der Waals surface area contributed by atoms with Crippen LogP contribution in [0.2, 0.25) is 0 Å². The Kier molecular flexibility index (Phi) is 6.11. The predicted octanol–water partition coefficient (Wildman–Crippen LogP) is 2.86. The van der Waals surface area contributed by atoms with Gasteiger partial charge in [-0.3, -0.25) is 9.48 Å². The van der Waals surface area contributed by atoms with Crippen molar-refractivity contribution in [1.82, 2.24) is 14.7 Å². The van der Waals surface area contributed by atoms with Crippen LogP contribution in [0.15, 0.2) is 36.5 Å². The van der Waals surface area contributed by atoms with Gasteiger partial charge in [0, 0.05) is 19.3 Å². The molecule has 0 saturated carbocycles. The van der Waals surface area contributed by atoms with E-state index in [9.17, 15) is 27.5 Å². The fourth-order valence-electron chi connectivity index (χ4n) is 3.16. The summed E-state index contributed by atoms with van der Waals surface area (Å²) in [4.78, 5) is 13.9. The standard InChI is InChI=1S/C19H21F4N3O3/c20-14-2-4-15(5-3-14)29-13-18(28)7-1-9-25(11-8-18)17(27)12-26-10-6-16(24-26)19(21,22)23/h2-6,10,28H,1,7-9,11-13H2. The highest BCUT2D eigenvalue weighted by Crippen LogP contribution is 2.27. The van der Waals surface area contributed by atoms with E-state index in [1.807, 2.05) is 0 Å². The van der Waals surface area contributed by atoms with Gasteiger partial charge < -0.3 is 14.7 Å². The second-order valence-electron chi connectivity index (χ2n) is 7.10. The first-order valence-electron chi connectivity index (χ1n) is 9.14. The number of likely N-dealkylation sites (tertiary alicyclic amines) is 1. The van der Waals surface area contributed by atoms with Gasteiger partial charge in [-0.2, -0.15) is 18.3 Å². The number of amides is 1. The Labute approximate surface area is 164 Å². The van der Waals surface area contributed by atoms with Gasteiger partial charge in [0.2, 0.25) is 5.91 Å². The van der Waals surface area contributed by atoms with Crippen molar-refractivity contribution in [1.29, 1.82) is 0 Å². The monoisotopic (exact) mass is 415 g/mol. The van der Waals surface area contributed by atoms with Crippen molar-refractivity contribution in [3.63, 3.8) is 0 Å². The summed E-state index contributed by atoms with van der Waals surface area (Å²) in [5, 5.41) is 14.2. The Morgan fingerprint density at radius 2 is 1.90 bits per heavy atom. The summed E-state index contributed by atoms with van der Waals surface area (Å²) in [6, 6.07) is 6.26. The van der Waals surface area contributed by atoms with Gasteiger partial charge in [0.05, 0.1) is 0 Å². The van der Waals surface area contributed by atoms with E-state index in [0.29, 0.717) is 25.1 Å². The predicted molar refractivity (Wildman–Crippen MR) is 94.5 cm³/mol. The summed E-state index contributed by atoms with van der Waals surface area (Å²) in [5.41, 5.74) is -2.20. The van der Waals surface area contributed by atoms with E-state index >= 15 is 0 Å². The van der Waals surface area contributed by atoms with Crippen LogP contribution in [0, 0.1) is 5.82 Å². The first-order valence-corrected chi connectivity index (χ1v) is 9.14. The summed E-state index contributed by atoms with van der Waals surface area (Å²) < 4.78 is 57.3. The third kappa shape index (κ3) is 5.69. The first kappa shape index (κ1) is 21.1. The van der Waals surface area contributed by atoms with Gasteiger partial charge in [-0.05, 0) is 49.6 Å². The molecule has 1 fully saturated rings. The average molecular weight is 415 g/mol. The number of hydrogen-bond acceptors (Lipinski definition) is 4. The molecule has 1 unspecified atom stereocenters. The quantitative estimate of drug-likeness (QED) is 0.763. The molecule has 1 atom stereocenters. The maximum atomic E-state index is 12.9. The largest absolute Gasteiger partial charge is 0.491 e. The van der Waals surface area contributed by atoms with Crippen molar-refractivity contribution in [2.24, 2.45) is 0 Å². The van der Waals surface area contributed by atoms with Gasteiger partial charge in [0.25, 0.3) is 0 Å². The van der Waals surface area contributed by atoms with Crippen LogP contribution in [-0.2, 0) is 17.5 Å². The Morgan fingerprint density at radius 3 is 2.55 bits per heavy atom. The molecule has 1 aromatic carbocycles. The minimum atomic E-state index is -4.56. The average Bonchev–Trinajstić information content (AvgIpc) is 3.04. The minimum absolute atomic E-state index is 0.00520. The van der Waals surface area contributed by atoms with Gasteiger partial charge in [0.1, 0.15) is 30.3 Å². The maximum absolute atomic E-state index is 12.9. The smallest absolute Gasteiger partial charge is 0.435 e. The van der Waals surface area contributed by atoms with E-state index in [1.165, 1.54) is 29.2 Å². The Balaban J connectivity index is 1.53. The number of halogens is 4. The second kappa shape index (κ2) is 8.40. The van der Waals surface area contributed by atoms with Crippen LogP contribution in [0.5, 0.6) is 5.75 Å². The Hall–Kier alpha value is -2.62. The summed E-state index contributed by atoms with van der Waals surface area (Å²) >= 11 is 0. The molecule has 10 heteroatoms. The Bertz CT molecular complexity index is 838. The van der Waals surface area contributed by atoms with E-state index in [0.717, 1.165) is 16.9 Å². The fourth-order valence-corrected chi connectivity index (χ4v) is 3.16. The molecule has 29 heavy (non-hydrogen) atoms. The molecule has 1 aromatic heterocycles. The van der Waals surface area contributed by atoms with Gasteiger partial charge >= 0.3 is 6.18 Å². The lowest BCUT2D eigenvalue weighted by Crippen LogP contribution is -2.39. The molecule has 0 bridgehead atoms. The molecule has 1 aliphatic rings. The van der Waals surface area contributed by atoms with Crippen LogP contribution in [0.3, 0.4) is 0 Å². The van der Waals surface area contributed by atoms with Crippen LogP contribution >= 0.6 is 0 Å². The van der Waals surface area contributed by atoms with Crippen molar-refractivity contribution in [3.8, 4) is 5.75 Å². The Morgan fingerprint density at radius 1 is 1.17 bits per heavy atom. The molecule has 158 valence electrons. The van der Waals surface area contributed by atoms with E-state index in [-0.39, 0.29) is 37.8 Å². The number of aromatic nitrogens is 2. The molecule has 1 amide bonds. The van der Waals surface area contributed by atoms with Crippen LogP contribution in [0.4, 0.5) is 17.6 Å². The third-order valence-electron chi connectivity index (χ3n) is 4.82. The normalized spacial score (nSPS) is 20.4. The summed E-state index contributed by atoms with van der Waals surface area (Å²) in [6.45, 7) is 0.315. The molecule has 1 N–H and O–H groups in total. The van der Waals surface area contributed by atoms with Gasteiger partial charge in [-0.25, -0.2) is 4.39 Å². The number of benzene rings is 1. The van der Waals surface area contributed by atoms with E-state index in [1.54, 1.807) is 0 Å². The number of hydrogen-bond donors (Lipinski definition) is 1. The summed E-state index contributed by atoms with van der Waals surface area (Å²) in [5.74, 6) is -0.332. The molecule has 2 aromatic rings. The number of carbonyl (C=O) groups is 1. The number of aliphatic hydroxyl groups is 1. The molecule has 3 rings (SSSR count).